The maximum atomic E-state index is 14.0. The van der Waals surface area contributed by atoms with Crippen molar-refractivity contribution in [1.82, 2.24) is 20.4 Å². The molecule has 0 fully saturated rings. The van der Waals surface area contributed by atoms with Crippen molar-refractivity contribution < 1.29 is 13.6 Å². The Balaban J connectivity index is 1.92. The molecule has 2 N–H and O–H groups in total. The van der Waals surface area contributed by atoms with Gasteiger partial charge < -0.3 is 10.6 Å². The molecular weight excluding hydrogens is 302 g/mol. The van der Waals surface area contributed by atoms with Gasteiger partial charge in [0, 0.05) is 17.3 Å². The van der Waals surface area contributed by atoms with Crippen LogP contribution in [0.5, 0.6) is 0 Å². The third-order valence-corrected chi connectivity index (χ3v) is 3.99. The van der Waals surface area contributed by atoms with Crippen LogP contribution in [0.2, 0.25) is 0 Å². The van der Waals surface area contributed by atoms with Crippen LogP contribution in [-0.4, -0.2) is 29.3 Å². The topological polar surface area (TPSA) is 59.0 Å². The minimum Gasteiger partial charge on any atom is -0.348 e. The van der Waals surface area contributed by atoms with Gasteiger partial charge in [0.05, 0.1) is 18.8 Å². The SMILES string of the molecule is CNCC(=O)N[C@H]1CCCc2c1cnn2-c1ccc(F)cc1F. The highest BCUT2D eigenvalue weighted by molar-refractivity contribution is 5.78. The number of amides is 1. The first-order valence-electron chi connectivity index (χ1n) is 7.56. The Bertz CT molecular complexity index is 729. The zero-order chi connectivity index (χ0) is 16.4. The van der Waals surface area contributed by atoms with Gasteiger partial charge in [-0.3, -0.25) is 4.79 Å². The van der Waals surface area contributed by atoms with Crippen molar-refractivity contribution in [2.24, 2.45) is 0 Å². The summed E-state index contributed by atoms with van der Waals surface area (Å²) < 4.78 is 28.6. The number of hydrogen-bond donors (Lipinski definition) is 2. The van der Waals surface area contributed by atoms with Crippen LogP contribution in [0.3, 0.4) is 0 Å². The first-order chi connectivity index (χ1) is 11.1. The number of halogens is 2. The second kappa shape index (κ2) is 6.45. The molecule has 0 radical (unpaired) electrons. The minimum atomic E-state index is -0.655. The molecule has 5 nitrogen and oxygen atoms in total. The third kappa shape index (κ3) is 3.10. The van der Waals surface area contributed by atoms with Crippen molar-refractivity contribution >= 4 is 5.91 Å². The number of nitrogens with one attached hydrogen (secondary N) is 2. The molecule has 1 aromatic carbocycles. The summed E-state index contributed by atoms with van der Waals surface area (Å²) in [4.78, 5) is 11.8. The predicted molar refractivity (Wildman–Crippen MR) is 81.2 cm³/mol. The minimum absolute atomic E-state index is 0.0916. The van der Waals surface area contributed by atoms with Crippen molar-refractivity contribution in [3.63, 3.8) is 0 Å². The number of nitrogens with zero attached hydrogens (tertiary/aromatic N) is 2. The number of likely N-dealkylation sites (N-methyl/N-ethyl adjacent to an activating group) is 1. The zero-order valence-electron chi connectivity index (χ0n) is 12.8. The highest BCUT2D eigenvalue weighted by Gasteiger charge is 2.26. The lowest BCUT2D eigenvalue weighted by atomic mass is 9.93. The smallest absolute Gasteiger partial charge is 0.234 e. The summed E-state index contributed by atoms with van der Waals surface area (Å²) in [5.41, 5.74) is 1.97. The normalized spacial score (nSPS) is 16.9. The molecule has 1 heterocycles. The van der Waals surface area contributed by atoms with E-state index < -0.39 is 11.6 Å². The van der Waals surface area contributed by atoms with Gasteiger partial charge in [-0.15, -0.1) is 0 Å². The van der Waals surface area contributed by atoms with E-state index >= 15 is 0 Å². The van der Waals surface area contributed by atoms with Crippen molar-refractivity contribution in [3.8, 4) is 5.69 Å². The number of hydrogen-bond acceptors (Lipinski definition) is 3. The summed E-state index contributed by atoms with van der Waals surface area (Å²) in [5.74, 6) is -1.37. The molecule has 0 saturated heterocycles. The molecule has 0 saturated carbocycles. The van der Waals surface area contributed by atoms with Crippen molar-refractivity contribution in [3.05, 3.63) is 47.3 Å². The van der Waals surface area contributed by atoms with Gasteiger partial charge in [0.25, 0.3) is 0 Å². The van der Waals surface area contributed by atoms with Crippen LogP contribution in [0.15, 0.2) is 24.4 Å². The maximum absolute atomic E-state index is 14.0. The Morgan fingerprint density at radius 2 is 2.26 bits per heavy atom. The number of aromatic nitrogens is 2. The predicted octanol–water partition coefficient (Wildman–Crippen LogP) is 1.86. The molecule has 7 heteroatoms. The number of rotatable bonds is 4. The zero-order valence-corrected chi connectivity index (χ0v) is 12.8. The van der Waals surface area contributed by atoms with Crippen molar-refractivity contribution in [1.29, 1.82) is 0 Å². The summed E-state index contributed by atoms with van der Waals surface area (Å²) in [6.07, 6.45) is 4.08. The van der Waals surface area contributed by atoms with Crippen LogP contribution < -0.4 is 10.6 Å². The number of carbonyl (C=O) groups excluding carboxylic acids is 1. The van der Waals surface area contributed by atoms with E-state index in [1.54, 1.807) is 13.2 Å². The lowest BCUT2D eigenvalue weighted by Gasteiger charge is -2.24. The average molecular weight is 320 g/mol. The second-order valence-corrected chi connectivity index (χ2v) is 5.60. The third-order valence-electron chi connectivity index (χ3n) is 3.99. The Morgan fingerprint density at radius 1 is 1.43 bits per heavy atom. The Labute approximate surface area is 132 Å². The Kier molecular flexibility index (Phi) is 4.38. The van der Waals surface area contributed by atoms with Crippen LogP contribution in [0.1, 0.15) is 30.1 Å². The van der Waals surface area contributed by atoms with E-state index in [4.69, 9.17) is 0 Å². The molecular formula is C16H18F2N4O. The fourth-order valence-corrected chi connectivity index (χ4v) is 2.97. The molecule has 1 aliphatic carbocycles. The largest absolute Gasteiger partial charge is 0.348 e. The van der Waals surface area contributed by atoms with E-state index in [-0.39, 0.29) is 24.2 Å². The van der Waals surface area contributed by atoms with Gasteiger partial charge in [-0.25, -0.2) is 13.5 Å². The molecule has 1 atom stereocenters. The highest BCUT2D eigenvalue weighted by Crippen LogP contribution is 2.31. The molecule has 1 aliphatic rings. The molecule has 3 rings (SSSR count). The lowest BCUT2D eigenvalue weighted by molar-refractivity contribution is -0.121. The first kappa shape index (κ1) is 15.6. The molecule has 23 heavy (non-hydrogen) atoms. The highest BCUT2D eigenvalue weighted by atomic mass is 19.1. The summed E-state index contributed by atoms with van der Waals surface area (Å²) >= 11 is 0. The van der Waals surface area contributed by atoms with Crippen LogP contribution in [0, 0.1) is 11.6 Å². The van der Waals surface area contributed by atoms with Crippen molar-refractivity contribution in [2.45, 2.75) is 25.3 Å². The van der Waals surface area contributed by atoms with Gasteiger partial charge in [0.1, 0.15) is 11.5 Å². The number of fused-ring (bicyclic) bond motifs is 1. The molecule has 0 spiro atoms. The van der Waals surface area contributed by atoms with Crippen LogP contribution in [0.4, 0.5) is 8.78 Å². The molecule has 0 bridgehead atoms. The maximum Gasteiger partial charge on any atom is 0.234 e. The molecule has 2 aromatic rings. The summed E-state index contributed by atoms with van der Waals surface area (Å²) in [6.45, 7) is 0.243. The van der Waals surface area contributed by atoms with E-state index in [2.05, 4.69) is 15.7 Å². The van der Waals surface area contributed by atoms with E-state index in [1.165, 1.54) is 16.8 Å². The Hall–Kier alpha value is -2.28. The summed E-state index contributed by atoms with van der Waals surface area (Å²) in [5, 5.41) is 10.0. The first-order valence-corrected chi connectivity index (χ1v) is 7.56. The fraction of sp³-hybridized carbons (Fsp3) is 0.375. The van der Waals surface area contributed by atoms with Gasteiger partial charge in [0.2, 0.25) is 5.91 Å². The van der Waals surface area contributed by atoms with Gasteiger partial charge in [-0.05, 0) is 38.4 Å². The second-order valence-electron chi connectivity index (χ2n) is 5.60. The van der Waals surface area contributed by atoms with Gasteiger partial charge in [0.15, 0.2) is 5.82 Å². The van der Waals surface area contributed by atoms with Crippen molar-refractivity contribution in [2.75, 3.05) is 13.6 Å². The van der Waals surface area contributed by atoms with E-state index in [0.717, 1.165) is 36.6 Å². The average Bonchev–Trinajstić information content (AvgIpc) is 2.92. The molecule has 0 aliphatic heterocycles. The van der Waals surface area contributed by atoms with Crippen LogP contribution >= 0.6 is 0 Å². The van der Waals surface area contributed by atoms with Crippen LogP contribution in [-0.2, 0) is 11.2 Å². The van der Waals surface area contributed by atoms with Gasteiger partial charge >= 0.3 is 0 Å². The molecule has 1 aromatic heterocycles. The van der Waals surface area contributed by atoms with E-state index in [1.807, 2.05) is 0 Å². The monoisotopic (exact) mass is 320 g/mol. The quantitative estimate of drug-likeness (QED) is 0.904. The summed E-state index contributed by atoms with van der Waals surface area (Å²) in [6, 6.07) is 3.30. The number of carbonyl (C=O) groups is 1. The number of benzene rings is 1. The fourth-order valence-electron chi connectivity index (χ4n) is 2.97. The van der Waals surface area contributed by atoms with Crippen LogP contribution in [0.25, 0.3) is 5.69 Å². The Morgan fingerprint density at radius 3 is 3.00 bits per heavy atom. The molecule has 122 valence electrons. The van der Waals surface area contributed by atoms with Gasteiger partial charge in [-0.1, -0.05) is 0 Å². The van der Waals surface area contributed by atoms with Gasteiger partial charge in [-0.2, -0.15) is 5.10 Å². The molecule has 1 amide bonds. The summed E-state index contributed by atoms with van der Waals surface area (Å²) in [7, 11) is 1.71. The van der Waals surface area contributed by atoms with E-state index in [0.29, 0.717) is 0 Å². The lowest BCUT2D eigenvalue weighted by Crippen LogP contribution is -2.36. The van der Waals surface area contributed by atoms with E-state index in [9.17, 15) is 13.6 Å². The molecule has 0 unspecified atom stereocenters. The standard InChI is InChI=1S/C16H18F2N4O/c1-19-9-16(23)21-13-3-2-4-14-11(13)8-20-22(14)15-6-5-10(17)7-12(15)18/h5-8,13,19H,2-4,9H2,1H3,(H,21,23)/t13-/m0/s1.